The molecule has 0 saturated carbocycles. The lowest BCUT2D eigenvalue weighted by Crippen LogP contribution is -2.36. The maximum absolute atomic E-state index is 14.0. The van der Waals surface area contributed by atoms with Crippen molar-refractivity contribution >= 4 is 11.9 Å². The monoisotopic (exact) mass is 327 g/mol. The predicted molar refractivity (Wildman–Crippen MR) is 82.9 cm³/mol. The van der Waals surface area contributed by atoms with Crippen molar-refractivity contribution in [2.24, 2.45) is 5.92 Å². The number of carbonyl (C=O) groups is 2. The zero-order valence-corrected chi connectivity index (χ0v) is 14.1. The number of ketones is 1. The largest absolute Gasteiger partial charge is 0.444 e. The van der Waals surface area contributed by atoms with E-state index >= 15 is 0 Å². The Morgan fingerprint density at radius 3 is 2.13 bits per heavy atom. The highest BCUT2D eigenvalue weighted by molar-refractivity contribution is 5.81. The fraction of sp³-hybridized carbons (Fsp3) is 0.529. The van der Waals surface area contributed by atoms with Crippen LogP contribution in [0.2, 0.25) is 0 Å². The van der Waals surface area contributed by atoms with Crippen LogP contribution in [0.5, 0.6) is 0 Å². The van der Waals surface area contributed by atoms with Crippen LogP contribution in [0.15, 0.2) is 18.2 Å². The van der Waals surface area contributed by atoms with E-state index in [1.165, 1.54) is 6.07 Å². The number of nitrogens with one attached hydrogen (secondary N) is 1. The van der Waals surface area contributed by atoms with E-state index in [0.29, 0.717) is 0 Å². The summed E-state index contributed by atoms with van der Waals surface area (Å²) in [4.78, 5) is 23.9. The molecule has 6 heteroatoms. The lowest BCUT2D eigenvalue weighted by molar-refractivity contribution is -0.122. The minimum absolute atomic E-state index is 0.214. The second-order valence-electron chi connectivity index (χ2n) is 6.66. The topological polar surface area (TPSA) is 55.4 Å². The van der Waals surface area contributed by atoms with Gasteiger partial charge in [0.05, 0.1) is 6.04 Å². The lowest BCUT2D eigenvalue weighted by atomic mass is 9.95. The number of hydrogen-bond donors (Lipinski definition) is 1. The lowest BCUT2D eigenvalue weighted by Gasteiger charge is -2.24. The van der Waals surface area contributed by atoms with E-state index in [1.807, 2.05) is 0 Å². The van der Waals surface area contributed by atoms with Crippen LogP contribution in [-0.4, -0.2) is 17.5 Å². The summed E-state index contributed by atoms with van der Waals surface area (Å²) < 4.78 is 33.1. The third-order valence-electron chi connectivity index (χ3n) is 3.09. The number of hydrogen-bond acceptors (Lipinski definition) is 3. The summed E-state index contributed by atoms with van der Waals surface area (Å²) in [6.07, 6.45) is -1.05. The van der Waals surface area contributed by atoms with Crippen molar-refractivity contribution in [1.29, 1.82) is 0 Å². The Balaban J connectivity index is 3.07. The zero-order chi connectivity index (χ0) is 17.8. The van der Waals surface area contributed by atoms with Gasteiger partial charge >= 0.3 is 6.09 Å². The molecule has 0 spiro atoms. The minimum Gasteiger partial charge on any atom is -0.444 e. The molecule has 0 heterocycles. The number of benzene rings is 1. The Bertz CT molecular complexity index is 559. The molecular weight excluding hydrogens is 304 g/mol. The van der Waals surface area contributed by atoms with Crippen LogP contribution >= 0.6 is 0 Å². The van der Waals surface area contributed by atoms with Crippen molar-refractivity contribution in [2.45, 2.75) is 52.7 Å². The third kappa shape index (κ3) is 5.96. The molecule has 0 bridgehead atoms. The standard InChI is InChI=1S/C17H23F2NO3/c1-10(2)14(21)9-13(20-16(22)23-17(3,4)5)15-11(18)7-6-8-12(15)19/h6-8,10,13H,9H2,1-5H3,(H,20,22). The maximum atomic E-state index is 14.0. The molecule has 1 atom stereocenters. The van der Waals surface area contributed by atoms with Gasteiger partial charge in [-0.05, 0) is 32.9 Å². The number of Topliss-reactive ketones (excluding diaryl/α,β-unsaturated/α-hetero) is 1. The SMILES string of the molecule is CC(C)C(=O)CC(NC(=O)OC(C)(C)C)c1c(F)cccc1F. The number of carbonyl (C=O) groups excluding carboxylic acids is 2. The van der Waals surface area contributed by atoms with Gasteiger partial charge in [0.1, 0.15) is 23.0 Å². The molecule has 0 aliphatic carbocycles. The van der Waals surface area contributed by atoms with Crippen LogP contribution in [0.1, 0.15) is 52.6 Å². The fourth-order valence-corrected chi connectivity index (χ4v) is 1.96. The smallest absolute Gasteiger partial charge is 0.408 e. The van der Waals surface area contributed by atoms with Gasteiger partial charge in [0.15, 0.2) is 0 Å². The normalized spacial score (nSPS) is 12.9. The van der Waals surface area contributed by atoms with E-state index in [0.717, 1.165) is 12.1 Å². The van der Waals surface area contributed by atoms with Gasteiger partial charge in [-0.1, -0.05) is 19.9 Å². The van der Waals surface area contributed by atoms with Crippen LogP contribution in [0.3, 0.4) is 0 Å². The number of rotatable bonds is 5. The van der Waals surface area contributed by atoms with Crippen LogP contribution in [0.25, 0.3) is 0 Å². The van der Waals surface area contributed by atoms with Crippen molar-refractivity contribution in [1.82, 2.24) is 5.32 Å². The molecule has 1 unspecified atom stereocenters. The first kappa shape index (κ1) is 19.1. The van der Waals surface area contributed by atoms with Crippen LogP contribution in [0, 0.1) is 17.6 Å². The average molecular weight is 327 g/mol. The van der Waals surface area contributed by atoms with Gasteiger partial charge < -0.3 is 10.1 Å². The number of alkyl carbamates (subject to hydrolysis) is 1. The summed E-state index contributed by atoms with van der Waals surface area (Å²) in [6, 6.07) is 2.27. The molecule has 1 N–H and O–H groups in total. The molecular formula is C17H23F2NO3. The first-order valence-corrected chi connectivity index (χ1v) is 7.47. The highest BCUT2D eigenvalue weighted by Gasteiger charge is 2.27. The van der Waals surface area contributed by atoms with Crippen molar-refractivity contribution < 1.29 is 23.1 Å². The molecule has 0 fully saturated rings. The van der Waals surface area contributed by atoms with E-state index in [-0.39, 0.29) is 23.7 Å². The van der Waals surface area contributed by atoms with Crippen LogP contribution in [0.4, 0.5) is 13.6 Å². The van der Waals surface area contributed by atoms with E-state index < -0.39 is 29.4 Å². The Morgan fingerprint density at radius 2 is 1.70 bits per heavy atom. The highest BCUT2D eigenvalue weighted by Crippen LogP contribution is 2.25. The van der Waals surface area contributed by atoms with Crippen LogP contribution in [-0.2, 0) is 9.53 Å². The molecule has 1 rings (SSSR count). The summed E-state index contributed by atoms with van der Waals surface area (Å²) in [5.41, 5.74) is -1.10. The summed E-state index contributed by atoms with van der Waals surface area (Å²) in [7, 11) is 0. The van der Waals surface area contributed by atoms with Gasteiger partial charge in [-0.15, -0.1) is 0 Å². The molecule has 1 aromatic rings. The van der Waals surface area contributed by atoms with E-state index in [4.69, 9.17) is 4.74 Å². The van der Waals surface area contributed by atoms with Crippen molar-refractivity contribution in [2.75, 3.05) is 0 Å². The predicted octanol–water partition coefficient (Wildman–Crippen LogP) is 4.15. The Morgan fingerprint density at radius 1 is 1.17 bits per heavy atom. The van der Waals surface area contributed by atoms with Gasteiger partial charge in [-0.2, -0.15) is 0 Å². The molecule has 1 aromatic carbocycles. The molecule has 1 amide bonds. The molecule has 0 aliphatic rings. The molecule has 0 radical (unpaired) electrons. The minimum atomic E-state index is -1.12. The maximum Gasteiger partial charge on any atom is 0.408 e. The van der Waals surface area contributed by atoms with E-state index in [1.54, 1.807) is 34.6 Å². The van der Waals surface area contributed by atoms with Gasteiger partial charge in [0.2, 0.25) is 0 Å². The average Bonchev–Trinajstić information content (AvgIpc) is 2.35. The quantitative estimate of drug-likeness (QED) is 0.884. The number of halogens is 2. The zero-order valence-electron chi connectivity index (χ0n) is 14.1. The number of amides is 1. The molecule has 128 valence electrons. The van der Waals surface area contributed by atoms with Crippen molar-refractivity contribution in [3.05, 3.63) is 35.4 Å². The summed E-state index contributed by atoms with van der Waals surface area (Å²) in [6.45, 7) is 8.38. The number of ether oxygens (including phenoxy) is 1. The first-order valence-electron chi connectivity index (χ1n) is 7.47. The third-order valence-corrected chi connectivity index (χ3v) is 3.09. The molecule has 0 saturated heterocycles. The summed E-state index contributed by atoms with van der Waals surface area (Å²) >= 11 is 0. The van der Waals surface area contributed by atoms with Crippen LogP contribution < -0.4 is 5.32 Å². The molecule has 23 heavy (non-hydrogen) atoms. The Labute approximate surface area is 135 Å². The second kappa shape index (κ2) is 7.53. The van der Waals surface area contributed by atoms with Gasteiger partial charge in [0.25, 0.3) is 0 Å². The van der Waals surface area contributed by atoms with E-state index in [9.17, 15) is 18.4 Å². The van der Waals surface area contributed by atoms with Crippen molar-refractivity contribution in [3.8, 4) is 0 Å². The second-order valence-corrected chi connectivity index (χ2v) is 6.66. The fourth-order valence-electron chi connectivity index (χ4n) is 1.96. The Hall–Kier alpha value is -1.98. The first-order chi connectivity index (χ1) is 10.5. The van der Waals surface area contributed by atoms with Gasteiger partial charge in [-0.25, -0.2) is 13.6 Å². The molecule has 0 aliphatic heterocycles. The van der Waals surface area contributed by atoms with E-state index in [2.05, 4.69) is 5.32 Å². The highest BCUT2D eigenvalue weighted by atomic mass is 19.1. The Kier molecular flexibility index (Phi) is 6.24. The summed E-state index contributed by atoms with van der Waals surface area (Å²) in [5.74, 6) is -2.16. The van der Waals surface area contributed by atoms with Crippen molar-refractivity contribution in [3.63, 3.8) is 0 Å². The van der Waals surface area contributed by atoms with Gasteiger partial charge in [-0.3, -0.25) is 4.79 Å². The molecule has 0 aromatic heterocycles. The molecule has 4 nitrogen and oxygen atoms in total. The summed E-state index contributed by atoms with van der Waals surface area (Å²) in [5, 5.41) is 2.40. The van der Waals surface area contributed by atoms with Gasteiger partial charge in [0, 0.05) is 17.9 Å².